The van der Waals surface area contributed by atoms with Crippen molar-refractivity contribution >= 4 is 22.6 Å². The fraction of sp³-hybridized carbons (Fsp3) is 0.375. The maximum Gasteiger partial charge on any atom is 0.278 e. The van der Waals surface area contributed by atoms with E-state index in [0.717, 1.165) is 48.0 Å². The SMILES string of the molecule is CC(C)N1CCC(c2nc(C(=O)Nc3cc4cc(-c5cnn(C)c5)cnc4cn3)co2)CC1. The summed E-state index contributed by atoms with van der Waals surface area (Å²) in [4.78, 5) is 28.5. The molecule has 1 aliphatic rings. The largest absolute Gasteiger partial charge is 0.448 e. The highest BCUT2D eigenvalue weighted by Crippen LogP contribution is 2.28. The molecule has 0 atom stereocenters. The van der Waals surface area contributed by atoms with Crippen molar-refractivity contribution in [2.75, 3.05) is 18.4 Å². The molecule has 0 unspecified atom stereocenters. The van der Waals surface area contributed by atoms with Crippen LogP contribution in [-0.4, -0.2) is 54.7 Å². The van der Waals surface area contributed by atoms with Crippen LogP contribution in [-0.2, 0) is 7.05 Å². The van der Waals surface area contributed by atoms with Crippen molar-refractivity contribution in [1.29, 1.82) is 0 Å². The van der Waals surface area contributed by atoms with E-state index in [4.69, 9.17) is 4.42 Å². The van der Waals surface area contributed by atoms with Gasteiger partial charge in [0.25, 0.3) is 5.91 Å². The average Bonchev–Trinajstić information content (AvgIpc) is 3.48. The van der Waals surface area contributed by atoms with Crippen molar-refractivity contribution in [2.45, 2.75) is 38.6 Å². The minimum atomic E-state index is -0.340. The van der Waals surface area contributed by atoms with Gasteiger partial charge >= 0.3 is 0 Å². The number of carbonyl (C=O) groups excluding carboxylic acids is 1. The smallest absolute Gasteiger partial charge is 0.278 e. The molecule has 4 aromatic heterocycles. The molecule has 9 heteroatoms. The average molecular weight is 446 g/mol. The van der Waals surface area contributed by atoms with Crippen LogP contribution in [0.5, 0.6) is 0 Å². The molecule has 0 radical (unpaired) electrons. The van der Waals surface area contributed by atoms with Gasteiger partial charge in [-0.3, -0.25) is 14.5 Å². The predicted octanol–water partition coefficient (Wildman–Crippen LogP) is 3.86. The summed E-state index contributed by atoms with van der Waals surface area (Å²) >= 11 is 0. The van der Waals surface area contributed by atoms with Crippen LogP contribution in [0.15, 0.2) is 47.6 Å². The summed E-state index contributed by atoms with van der Waals surface area (Å²) in [5.74, 6) is 0.984. The second kappa shape index (κ2) is 8.74. The molecular formula is C24H27N7O2. The van der Waals surface area contributed by atoms with Gasteiger partial charge in [0.2, 0.25) is 0 Å². The second-order valence-corrected chi connectivity index (χ2v) is 8.82. The number of hydrogen-bond donors (Lipinski definition) is 1. The molecule has 5 heterocycles. The first-order valence-corrected chi connectivity index (χ1v) is 11.2. The Labute approximate surface area is 191 Å². The van der Waals surface area contributed by atoms with E-state index in [-0.39, 0.29) is 17.5 Å². The number of fused-ring (bicyclic) bond motifs is 1. The summed E-state index contributed by atoms with van der Waals surface area (Å²) in [6.07, 6.45) is 10.6. The van der Waals surface area contributed by atoms with E-state index in [1.807, 2.05) is 25.4 Å². The number of aryl methyl sites for hydroxylation is 1. The highest BCUT2D eigenvalue weighted by Gasteiger charge is 2.26. The first kappa shape index (κ1) is 21.3. The van der Waals surface area contributed by atoms with E-state index in [1.54, 1.807) is 23.3 Å². The number of piperidine rings is 1. The zero-order valence-corrected chi connectivity index (χ0v) is 19.0. The number of amides is 1. The minimum Gasteiger partial charge on any atom is -0.448 e. The molecule has 0 spiro atoms. The topological polar surface area (TPSA) is 102 Å². The number of carbonyl (C=O) groups is 1. The predicted molar refractivity (Wildman–Crippen MR) is 125 cm³/mol. The fourth-order valence-electron chi connectivity index (χ4n) is 4.25. The van der Waals surface area contributed by atoms with Crippen molar-refractivity contribution in [2.24, 2.45) is 7.05 Å². The van der Waals surface area contributed by atoms with Gasteiger partial charge in [0.1, 0.15) is 12.1 Å². The Bertz CT molecular complexity index is 1280. The van der Waals surface area contributed by atoms with Crippen molar-refractivity contribution in [1.82, 2.24) is 29.6 Å². The van der Waals surface area contributed by atoms with Gasteiger partial charge in [0.15, 0.2) is 11.6 Å². The van der Waals surface area contributed by atoms with Crippen molar-refractivity contribution in [3.8, 4) is 11.1 Å². The molecule has 0 saturated carbocycles. The van der Waals surface area contributed by atoms with Crippen LogP contribution in [0.3, 0.4) is 0 Å². The summed E-state index contributed by atoms with van der Waals surface area (Å²) < 4.78 is 7.41. The van der Waals surface area contributed by atoms with E-state index < -0.39 is 0 Å². The molecule has 170 valence electrons. The monoisotopic (exact) mass is 445 g/mol. The molecular weight excluding hydrogens is 418 g/mol. The van der Waals surface area contributed by atoms with Crippen LogP contribution in [0.1, 0.15) is 49.0 Å². The number of anilines is 1. The van der Waals surface area contributed by atoms with E-state index >= 15 is 0 Å². The number of nitrogens with one attached hydrogen (secondary N) is 1. The highest BCUT2D eigenvalue weighted by atomic mass is 16.3. The van der Waals surface area contributed by atoms with Crippen LogP contribution in [0.2, 0.25) is 0 Å². The number of rotatable bonds is 5. The number of aromatic nitrogens is 5. The van der Waals surface area contributed by atoms with Gasteiger partial charge in [-0.25, -0.2) is 9.97 Å². The Hall–Kier alpha value is -3.59. The third-order valence-electron chi connectivity index (χ3n) is 6.21. The standard InChI is InChI=1S/C24H27N7O2/c1-15(2)31-6-4-16(5-7-31)24-28-21(14-33-24)23(32)29-22-9-17-8-18(10-25-20(17)12-26-22)19-11-27-30(3)13-19/h8-16H,4-7H2,1-3H3,(H,26,29,32). The fourth-order valence-corrected chi connectivity index (χ4v) is 4.25. The summed E-state index contributed by atoms with van der Waals surface area (Å²) in [6, 6.07) is 4.36. The molecule has 1 amide bonds. The maximum atomic E-state index is 12.8. The Morgan fingerprint density at radius 1 is 1.12 bits per heavy atom. The molecule has 9 nitrogen and oxygen atoms in total. The van der Waals surface area contributed by atoms with Crippen molar-refractivity contribution in [3.63, 3.8) is 0 Å². The van der Waals surface area contributed by atoms with Gasteiger partial charge in [-0.15, -0.1) is 0 Å². The van der Waals surface area contributed by atoms with Crippen LogP contribution in [0.25, 0.3) is 22.0 Å². The lowest BCUT2D eigenvalue weighted by molar-refractivity contribution is 0.102. The first-order chi connectivity index (χ1) is 16.0. The Kier molecular flexibility index (Phi) is 5.63. The Morgan fingerprint density at radius 2 is 1.94 bits per heavy atom. The molecule has 1 aliphatic heterocycles. The van der Waals surface area contributed by atoms with Crippen LogP contribution >= 0.6 is 0 Å². The summed E-state index contributed by atoms with van der Waals surface area (Å²) in [6.45, 7) is 6.46. The molecule has 33 heavy (non-hydrogen) atoms. The molecule has 0 aliphatic carbocycles. The zero-order chi connectivity index (χ0) is 22.9. The van der Waals surface area contributed by atoms with Gasteiger partial charge in [0.05, 0.1) is 17.9 Å². The van der Waals surface area contributed by atoms with Gasteiger partial charge in [0, 0.05) is 47.9 Å². The quantitative estimate of drug-likeness (QED) is 0.498. The van der Waals surface area contributed by atoms with Gasteiger partial charge in [-0.2, -0.15) is 5.10 Å². The van der Waals surface area contributed by atoms with Gasteiger partial charge in [-0.1, -0.05) is 0 Å². The number of pyridine rings is 2. The third-order valence-corrected chi connectivity index (χ3v) is 6.21. The van der Waals surface area contributed by atoms with E-state index in [1.165, 1.54) is 6.26 Å². The second-order valence-electron chi connectivity index (χ2n) is 8.82. The van der Waals surface area contributed by atoms with Crippen molar-refractivity contribution in [3.05, 3.63) is 54.8 Å². The van der Waals surface area contributed by atoms with E-state index in [9.17, 15) is 4.79 Å². The number of likely N-dealkylation sites (tertiary alicyclic amines) is 1. The first-order valence-electron chi connectivity index (χ1n) is 11.2. The number of nitrogens with zero attached hydrogens (tertiary/aromatic N) is 6. The van der Waals surface area contributed by atoms with E-state index in [0.29, 0.717) is 17.8 Å². The molecule has 0 aromatic carbocycles. The number of hydrogen-bond acceptors (Lipinski definition) is 7. The van der Waals surface area contributed by atoms with Crippen LogP contribution < -0.4 is 5.32 Å². The molecule has 1 N–H and O–H groups in total. The van der Waals surface area contributed by atoms with Gasteiger partial charge < -0.3 is 14.6 Å². The lowest BCUT2D eigenvalue weighted by Gasteiger charge is -2.33. The number of oxazole rings is 1. The summed E-state index contributed by atoms with van der Waals surface area (Å²) in [5.41, 5.74) is 2.94. The molecule has 1 fully saturated rings. The van der Waals surface area contributed by atoms with Crippen molar-refractivity contribution < 1.29 is 9.21 Å². The third kappa shape index (κ3) is 4.49. The molecule has 4 aromatic rings. The Morgan fingerprint density at radius 3 is 2.67 bits per heavy atom. The normalized spacial score (nSPS) is 15.4. The van der Waals surface area contributed by atoms with Crippen LogP contribution in [0, 0.1) is 0 Å². The molecule has 1 saturated heterocycles. The molecule has 5 rings (SSSR count). The lowest BCUT2D eigenvalue weighted by atomic mass is 9.96. The highest BCUT2D eigenvalue weighted by molar-refractivity contribution is 6.02. The molecule has 0 bridgehead atoms. The Balaban J connectivity index is 1.29. The zero-order valence-electron chi connectivity index (χ0n) is 19.0. The van der Waals surface area contributed by atoms with Gasteiger partial charge in [-0.05, 0) is 51.9 Å². The summed E-state index contributed by atoms with van der Waals surface area (Å²) in [7, 11) is 1.87. The van der Waals surface area contributed by atoms with Crippen LogP contribution in [0.4, 0.5) is 5.82 Å². The lowest BCUT2D eigenvalue weighted by Crippen LogP contribution is -2.37. The maximum absolute atomic E-state index is 12.8. The van der Waals surface area contributed by atoms with E-state index in [2.05, 4.69) is 44.1 Å². The summed E-state index contributed by atoms with van der Waals surface area (Å²) in [5, 5.41) is 7.91. The minimum absolute atomic E-state index is 0.248.